The number of aliphatic hydroxyl groups excluding tert-OH is 1. The Balaban J connectivity index is 1.65. The lowest BCUT2D eigenvalue weighted by Gasteiger charge is -2.21. The summed E-state index contributed by atoms with van der Waals surface area (Å²) in [7, 11) is 0. The van der Waals surface area contributed by atoms with Crippen LogP contribution in [0.4, 0.5) is 0 Å². The molecule has 0 saturated heterocycles. The average molecular weight is 206 g/mol. The standard InChI is InChI=1S/C12H18N2O/c15-8-10-5-13-14(6-10)7-12-4-9-1-2-11(12)3-9/h5-6,9,11-12,15H,1-4,7-8H2. The predicted molar refractivity (Wildman–Crippen MR) is 57.1 cm³/mol. The predicted octanol–water partition coefficient (Wildman–Crippen LogP) is 1.81. The largest absolute Gasteiger partial charge is 0.392 e. The molecule has 1 N–H and O–H groups in total. The maximum Gasteiger partial charge on any atom is 0.0712 e. The molecule has 3 heteroatoms. The fourth-order valence-electron chi connectivity index (χ4n) is 3.43. The van der Waals surface area contributed by atoms with E-state index >= 15 is 0 Å². The van der Waals surface area contributed by atoms with E-state index in [1.165, 1.54) is 25.7 Å². The summed E-state index contributed by atoms with van der Waals surface area (Å²) in [6, 6.07) is 0. The van der Waals surface area contributed by atoms with Crippen LogP contribution in [0.5, 0.6) is 0 Å². The molecule has 2 aliphatic rings. The lowest BCUT2D eigenvalue weighted by atomic mass is 9.89. The van der Waals surface area contributed by atoms with Crippen LogP contribution < -0.4 is 0 Å². The molecular formula is C12H18N2O. The Bertz CT molecular complexity index is 347. The van der Waals surface area contributed by atoms with Crippen LogP contribution >= 0.6 is 0 Å². The Kier molecular flexibility index (Phi) is 2.28. The Morgan fingerprint density at radius 2 is 2.33 bits per heavy atom. The third kappa shape index (κ3) is 1.69. The van der Waals surface area contributed by atoms with Crippen molar-refractivity contribution < 1.29 is 5.11 Å². The van der Waals surface area contributed by atoms with Gasteiger partial charge in [-0.2, -0.15) is 5.10 Å². The normalized spacial score (nSPS) is 33.8. The Hall–Kier alpha value is -0.830. The first kappa shape index (κ1) is 9.40. The molecule has 82 valence electrons. The Labute approximate surface area is 90.1 Å². The molecule has 1 heterocycles. The lowest BCUT2D eigenvalue weighted by Crippen LogP contribution is -2.17. The van der Waals surface area contributed by atoms with Crippen molar-refractivity contribution in [2.24, 2.45) is 17.8 Å². The van der Waals surface area contributed by atoms with E-state index in [0.29, 0.717) is 0 Å². The van der Waals surface area contributed by atoms with Crippen LogP contribution in [0.1, 0.15) is 31.2 Å². The summed E-state index contributed by atoms with van der Waals surface area (Å²) in [6.07, 6.45) is 9.50. The molecule has 0 amide bonds. The third-order valence-electron chi connectivity index (χ3n) is 4.18. The first-order valence-electron chi connectivity index (χ1n) is 5.97. The van der Waals surface area contributed by atoms with E-state index in [9.17, 15) is 0 Å². The lowest BCUT2D eigenvalue weighted by molar-refractivity contribution is 0.278. The van der Waals surface area contributed by atoms with E-state index in [1.807, 2.05) is 10.9 Å². The second-order valence-electron chi connectivity index (χ2n) is 5.16. The minimum absolute atomic E-state index is 0.108. The number of aliphatic hydroxyl groups is 1. The maximum atomic E-state index is 8.96. The van der Waals surface area contributed by atoms with Crippen LogP contribution in [-0.2, 0) is 13.2 Å². The van der Waals surface area contributed by atoms with Crippen molar-refractivity contribution in [3.8, 4) is 0 Å². The summed E-state index contributed by atoms with van der Waals surface area (Å²) in [5, 5.41) is 13.3. The molecule has 1 aromatic heterocycles. The Morgan fingerprint density at radius 3 is 2.93 bits per heavy atom. The first-order valence-corrected chi connectivity index (χ1v) is 5.97. The average Bonchev–Trinajstić information content (AvgIpc) is 2.92. The monoisotopic (exact) mass is 206 g/mol. The summed E-state index contributed by atoms with van der Waals surface area (Å²) in [5.74, 6) is 2.81. The van der Waals surface area contributed by atoms with Gasteiger partial charge in [0.25, 0.3) is 0 Å². The molecule has 0 radical (unpaired) electrons. The first-order chi connectivity index (χ1) is 7.35. The molecule has 2 bridgehead atoms. The van der Waals surface area contributed by atoms with Gasteiger partial charge in [-0.15, -0.1) is 0 Å². The van der Waals surface area contributed by atoms with E-state index in [0.717, 1.165) is 29.9 Å². The summed E-state index contributed by atoms with van der Waals surface area (Å²) in [5.41, 5.74) is 0.929. The summed E-state index contributed by atoms with van der Waals surface area (Å²) < 4.78 is 2.01. The molecule has 15 heavy (non-hydrogen) atoms. The molecule has 0 aliphatic heterocycles. The van der Waals surface area contributed by atoms with Gasteiger partial charge in [0.2, 0.25) is 0 Å². The van der Waals surface area contributed by atoms with Gasteiger partial charge in [-0.1, -0.05) is 6.42 Å². The molecular weight excluding hydrogens is 188 g/mol. The number of hydrogen-bond donors (Lipinski definition) is 1. The fourth-order valence-corrected chi connectivity index (χ4v) is 3.43. The minimum atomic E-state index is 0.108. The van der Waals surface area contributed by atoms with Crippen LogP contribution in [-0.4, -0.2) is 14.9 Å². The van der Waals surface area contributed by atoms with Crippen molar-refractivity contribution >= 4 is 0 Å². The molecule has 2 fully saturated rings. The SMILES string of the molecule is OCc1cnn(CC2CC3CCC2C3)c1. The van der Waals surface area contributed by atoms with E-state index < -0.39 is 0 Å². The van der Waals surface area contributed by atoms with Gasteiger partial charge in [0.05, 0.1) is 12.8 Å². The summed E-state index contributed by atoms with van der Waals surface area (Å²) in [4.78, 5) is 0. The maximum absolute atomic E-state index is 8.96. The second kappa shape index (κ2) is 3.63. The van der Waals surface area contributed by atoms with Gasteiger partial charge in [0.1, 0.15) is 0 Å². The van der Waals surface area contributed by atoms with E-state index in [2.05, 4.69) is 5.10 Å². The molecule has 3 atom stereocenters. The van der Waals surface area contributed by atoms with Crippen molar-refractivity contribution in [2.75, 3.05) is 0 Å². The molecule has 0 spiro atoms. The fraction of sp³-hybridized carbons (Fsp3) is 0.750. The van der Waals surface area contributed by atoms with Crippen molar-refractivity contribution in [1.29, 1.82) is 0 Å². The van der Waals surface area contributed by atoms with Gasteiger partial charge in [-0.05, 0) is 37.0 Å². The van der Waals surface area contributed by atoms with Crippen molar-refractivity contribution in [3.05, 3.63) is 18.0 Å². The zero-order chi connectivity index (χ0) is 10.3. The van der Waals surface area contributed by atoms with Crippen molar-refractivity contribution in [1.82, 2.24) is 9.78 Å². The van der Waals surface area contributed by atoms with Gasteiger partial charge in [0, 0.05) is 18.3 Å². The van der Waals surface area contributed by atoms with Gasteiger partial charge < -0.3 is 5.11 Å². The smallest absolute Gasteiger partial charge is 0.0712 e. The zero-order valence-electron chi connectivity index (χ0n) is 8.97. The van der Waals surface area contributed by atoms with Gasteiger partial charge in [0.15, 0.2) is 0 Å². The minimum Gasteiger partial charge on any atom is -0.392 e. The quantitative estimate of drug-likeness (QED) is 0.819. The zero-order valence-corrected chi connectivity index (χ0v) is 8.97. The van der Waals surface area contributed by atoms with E-state index in [4.69, 9.17) is 5.11 Å². The summed E-state index contributed by atoms with van der Waals surface area (Å²) >= 11 is 0. The molecule has 2 aliphatic carbocycles. The molecule has 1 aromatic rings. The van der Waals surface area contributed by atoms with Crippen molar-refractivity contribution in [3.63, 3.8) is 0 Å². The van der Waals surface area contributed by atoms with Crippen LogP contribution in [0, 0.1) is 17.8 Å². The molecule has 2 saturated carbocycles. The molecule has 3 rings (SSSR count). The van der Waals surface area contributed by atoms with Crippen molar-refractivity contribution in [2.45, 2.75) is 38.8 Å². The van der Waals surface area contributed by atoms with Gasteiger partial charge in [-0.25, -0.2) is 0 Å². The Morgan fingerprint density at radius 1 is 1.40 bits per heavy atom. The molecule has 3 nitrogen and oxygen atoms in total. The van der Waals surface area contributed by atoms with Crippen LogP contribution in [0.2, 0.25) is 0 Å². The highest BCUT2D eigenvalue weighted by molar-refractivity contribution is 5.02. The van der Waals surface area contributed by atoms with E-state index in [-0.39, 0.29) is 6.61 Å². The van der Waals surface area contributed by atoms with Crippen LogP contribution in [0.3, 0.4) is 0 Å². The van der Waals surface area contributed by atoms with Crippen LogP contribution in [0.15, 0.2) is 12.4 Å². The summed E-state index contributed by atoms with van der Waals surface area (Å²) in [6.45, 7) is 1.16. The topological polar surface area (TPSA) is 38.1 Å². The molecule has 3 unspecified atom stereocenters. The highest BCUT2D eigenvalue weighted by Crippen LogP contribution is 2.48. The van der Waals surface area contributed by atoms with Crippen LogP contribution in [0.25, 0.3) is 0 Å². The van der Waals surface area contributed by atoms with E-state index in [1.54, 1.807) is 6.20 Å². The molecule has 0 aromatic carbocycles. The highest BCUT2D eigenvalue weighted by atomic mass is 16.3. The van der Waals surface area contributed by atoms with Gasteiger partial charge >= 0.3 is 0 Å². The number of nitrogens with zero attached hydrogens (tertiary/aromatic N) is 2. The second-order valence-corrected chi connectivity index (χ2v) is 5.16. The number of fused-ring (bicyclic) bond motifs is 2. The van der Waals surface area contributed by atoms with Gasteiger partial charge in [-0.3, -0.25) is 4.68 Å². The highest BCUT2D eigenvalue weighted by Gasteiger charge is 2.39. The number of rotatable bonds is 3. The third-order valence-corrected chi connectivity index (χ3v) is 4.18. The number of hydrogen-bond acceptors (Lipinski definition) is 2. The number of aromatic nitrogens is 2.